The zero-order chi connectivity index (χ0) is 29.3. The minimum atomic E-state index is -1.49. The molecule has 2 rings (SSSR count). The standard InChI is InChI=1S/C26H37N5O8/c1-13(2)10-19(29-25(37)22(14(3)32)31-23(35)17(27)8-9-21(33)34)24(36)30-20(26(38)39)11-15-12-28-18-7-5-4-6-16(15)18/h4-7,12-14,17,19-20,22,28,32H,8-11,27H2,1-3H3,(H,29,37)(H,30,36)(H,31,35)(H,33,34)(H,38,39). The van der Waals surface area contributed by atoms with Crippen LogP contribution in [0.25, 0.3) is 10.9 Å². The zero-order valence-electron chi connectivity index (χ0n) is 22.1. The van der Waals surface area contributed by atoms with Crippen LogP contribution in [0.3, 0.4) is 0 Å². The number of aliphatic hydroxyl groups excluding tert-OH is 1. The topological polar surface area (TPSA) is 224 Å². The van der Waals surface area contributed by atoms with Gasteiger partial charge in [-0.1, -0.05) is 32.0 Å². The minimum absolute atomic E-state index is 0.00593. The molecule has 1 aromatic carbocycles. The Morgan fingerprint density at radius 2 is 1.56 bits per heavy atom. The van der Waals surface area contributed by atoms with Crippen molar-refractivity contribution in [1.82, 2.24) is 20.9 Å². The van der Waals surface area contributed by atoms with Gasteiger partial charge < -0.3 is 42.0 Å². The fourth-order valence-corrected chi connectivity index (χ4v) is 4.03. The number of H-pyrrole nitrogens is 1. The number of nitrogens with two attached hydrogens (primary N) is 1. The summed E-state index contributed by atoms with van der Waals surface area (Å²) < 4.78 is 0. The molecular formula is C26H37N5O8. The number of fused-ring (bicyclic) bond motifs is 1. The van der Waals surface area contributed by atoms with E-state index in [0.29, 0.717) is 5.56 Å². The van der Waals surface area contributed by atoms with E-state index in [-0.39, 0.29) is 31.6 Å². The first-order chi connectivity index (χ1) is 18.3. The van der Waals surface area contributed by atoms with Gasteiger partial charge in [0.1, 0.15) is 18.1 Å². The Morgan fingerprint density at radius 1 is 0.923 bits per heavy atom. The van der Waals surface area contributed by atoms with E-state index < -0.39 is 59.9 Å². The van der Waals surface area contributed by atoms with Crippen molar-refractivity contribution in [1.29, 1.82) is 0 Å². The van der Waals surface area contributed by atoms with E-state index in [4.69, 9.17) is 10.8 Å². The molecule has 0 fully saturated rings. The molecule has 0 bridgehead atoms. The molecule has 2 aromatic rings. The first kappa shape index (κ1) is 31.2. The third-order valence-electron chi connectivity index (χ3n) is 6.12. The van der Waals surface area contributed by atoms with Crippen LogP contribution in [0.1, 0.15) is 45.6 Å². The molecule has 1 heterocycles. The molecule has 0 spiro atoms. The Morgan fingerprint density at radius 3 is 2.15 bits per heavy atom. The predicted octanol–water partition coefficient (Wildman–Crippen LogP) is -0.132. The number of carbonyl (C=O) groups is 5. The van der Waals surface area contributed by atoms with Crippen molar-refractivity contribution in [3.05, 3.63) is 36.0 Å². The first-order valence-electron chi connectivity index (χ1n) is 12.6. The van der Waals surface area contributed by atoms with Gasteiger partial charge in [0, 0.05) is 29.9 Å². The summed E-state index contributed by atoms with van der Waals surface area (Å²) in [6, 6.07) is 2.16. The highest BCUT2D eigenvalue weighted by Crippen LogP contribution is 2.19. The van der Waals surface area contributed by atoms with E-state index in [1.807, 2.05) is 38.1 Å². The lowest BCUT2D eigenvalue weighted by atomic mass is 10.0. The number of aliphatic hydroxyl groups is 1. The lowest BCUT2D eigenvalue weighted by Gasteiger charge is -2.27. The molecule has 5 atom stereocenters. The normalized spacial score (nSPS) is 15.1. The largest absolute Gasteiger partial charge is 0.481 e. The summed E-state index contributed by atoms with van der Waals surface area (Å²) in [6.07, 6.45) is -0.0984. The molecule has 9 N–H and O–H groups in total. The average molecular weight is 548 g/mol. The van der Waals surface area contributed by atoms with E-state index >= 15 is 0 Å². The van der Waals surface area contributed by atoms with E-state index in [1.165, 1.54) is 6.92 Å². The van der Waals surface area contributed by atoms with Crippen LogP contribution < -0.4 is 21.7 Å². The van der Waals surface area contributed by atoms with Gasteiger partial charge in [0.05, 0.1) is 12.1 Å². The number of hydrogen-bond acceptors (Lipinski definition) is 7. The molecule has 39 heavy (non-hydrogen) atoms. The van der Waals surface area contributed by atoms with Gasteiger partial charge in [0.2, 0.25) is 17.7 Å². The summed E-state index contributed by atoms with van der Waals surface area (Å²) in [5, 5.41) is 36.8. The van der Waals surface area contributed by atoms with Crippen molar-refractivity contribution in [3.8, 4) is 0 Å². The zero-order valence-corrected chi connectivity index (χ0v) is 22.1. The second kappa shape index (κ2) is 14.3. The fourth-order valence-electron chi connectivity index (χ4n) is 4.03. The molecule has 0 aliphatic heterocycles. The smallest absolute Gasteiger partial charge is 0.326 e. The SMILES string of the molecule is CC(C)CC(NC(=O)C(NC(=O)C(N)CCC(=O)O)C(C)O)C(=O)NC(Cc1c[nH]c2ccccc12)C(=O)O. The quantitative estimate of drug-likeness (QED) is 0.148. The molecule has 13 nitrogen and oxygen atoms in total. The summed E-state index contributed by atoms with van der Waals surface area (Å²) in [5.41, 5.74) is 7.21. The van der Waals surface area contributed by atoms with Crippen LogP contribution in [0.2, 0.25) is 0 Å². The first-order valence-corrected chi connectivity index (χ1v) is 12.6. The lowest BCUT2D eigenvalue weighted by molar-refractivity contribution is -0.142. The van der Waals surface area contributed by atoms with Crippen LogP contribution in [-0.4, -0.2) is 80.2 Å². The third kappa shape index (κ3) is 9.37. The highest BCUT2D eigenvalue weighted by molar-refractivity contribution is 5.94. The molecule has 0 radical (unpaired) electrons. The summed E-state index contributed by atoms with van der Waals surface area (Å²) in [6.45, 7) is 4.87. The summed E-state index contributed by atoms with van der Waals surface area (Å²) >= 11 is 0. The van der Waals surface area contributed by atoms with E-state index in [0.717, 1.165) is 10.9 Å². The highest BCUT2D eigenvalue weighted by Gasteiger charge is 2.33. The van der Waals surface area contributed by atoms with Crippen LogP contribution in [0, 0.1) is 5.92 Å². The molecule has 1 aromatic heterocycles. The number of benzene rings is 1. The van der Waals surface area contributed by atoms with Gasteiger partial charge in [-0.15, -0.1) is 0 Å². The molecule has 13 heteroatoms. The number of aliphatic carboxylic acids is 2. The number of nitrogens with one attached hydrogen (secondary N) is 4. The lowest BCUT2D eigenvalue weighted by Crippen LogP contribution is -2.60. The Hall–Kier alpha value is -3.97. The number of aromatic amines is 1. The van der Waals surface area contributed by atoms with E-state index in [2.05, 4.69) is 20.9 Å². The number of amides is 3. The Bertz CT molecular complexity index is 1180. The van der Waals surface area contributed by atoms with Crippen LogP contribution in [0.5, 0.6) is 0 Å². The number of hydrogen-bond donors (Lipinski definition) is 8. The van der Waals surface area contributed by atoms with Crippen LogP contribution in [-0.2, 0) is 30.4 Å². The number of para-hydroxylation sites is 1. The molecule has 0 saturated carbocycles. The average Bonchev–Trinajstić information content (AvgIpc) is 3.26. The molecule has 0 aliphatic carbocycles. The maximum atomic E-state index is 13.2. The highest BCUT2D eigenvalue weighted by atomic mass is 16.4. The van der Waals surface area contributed by atoms with Gasteiger partial charge in [-0.3, -0.25) is 19.2 Å². The number of aromatic nitrogens is 1. The Kier molecular flexibility index (Phi) is 11.4. The molecule has 0 saturated heterocycles. The Labute approximate surface area is 225 Å². The minimum Gasteiger partial charge on any atom is -0.481 e. The predicted molar refractivity (Wildman–Crippen MR) is 141 cm³/mol. The van der Waals surface area contributed by atoms with Crippen molar-refractivity contribution < 1.29 is 39.3 Å². The fraction of sp³-hybridized carbons (Fsp3) is 0.500. The van der Waals surface area contributed by atoms with Crippen molar-refractivity contribution >= 4 is 40.6 Å². The maximum absolute atomic E-state index is 13.2. The van der Waals surface area contributed by atoms with E-state index in [1.54, 1.807) is 6.20 Å². The third-order valence-corrected chi connectivity index (χ3v) is 6.12. The van der Waals surface area contributed by atoms with Crippen LogP contribution in [0.4, 0.5) is 0 Å². The van der Waals surface area contributed by atoms with Crippen LogP contribution in [0.15, 0.2) is 30.5 Å². The maximum Gasteiger partial charge on any atom is 0.326 e. The van der Waals surface area contributed by atoms with Gasteiger partial charge >= 0.3 is 11.9 Å². The second-order valence-electron chi connectivity index (χ2n) is 9.92. The summed E-state index contributed by atoms with van der Waals surface area (Å²) in [4.78, 5) is 64.3. The van der Waals surface area contributed by atoms with Gasteiger partial charge in [-0.2, -0.15) is 0 Å². The van der Waals surface area contributed by atoms with Crippen molar-refractivity contribution in [2.75, 3.05) is 0 Å². The van der Waals surface area contributed by atoms with Crippen LogP contribution >= 0.6 is 0 Å². The number of carbonyl (C=O) groups excluding carboxylic acids is 3. The van der Waals surface area contributed by atoms with E-state index in [9.17, 15) is 34.2 Å². The Balaban J connectivity index is 2.14. The molecule has 0 aliphatic rings. The molecule has 214 valence electrons. The van der Waals surface area contributed by atoms with Crippen molar-refractivity contribution in [2.45, 2.75) is 76.7 Å². The second-order valence-corrected chi connectivity index (χ2v) is 9.92. The van der Waals surface area contributed by atoms with Gasteiger partial charge in [0.15, 0.2) is 0 Å². The monoisotopic (exact) mass is 547 g/mol. The summed E-state index contributed by atoms with van der Waals surface area (Å²) in [7, 11) is 0. The summed E-state index contributed by atoms with van der Waals surface area (Å²) in [5.74, 6) is -4.94. The van der Waals surface area contributed by atoms with Gasteiger partial charge in [-0.25, -0.2) is 4.79 Å². The number of carboxylic acids is 2. The molecule has 5 unspecified atom stereocenters. The van der Waals surface area contributed by atoms with Crippen molar-refractivity contribution in [2.24, 2.45) is 11.7 Å². The number of carboxylic acid groups (broad SMARTS) is 2. The van der Waals surface area contributed by atoms with Gasteiger partial charge in [0.25, 0.3) is 0 Å². The molecular weight excluding hydrogens is 510 g/mol. The molecule has 3 amide bonds. The van der Waals surface area contributed by atoms with Crippen molar-refractivity contribution in [3.63, 3.8) is 0 Å². The van der Waals surface area contributed by atoms with Gasteiger partial charge in [-0.05, 0) is 37.3 Å². The number of rotatable bonds is 15.